The van der Waals surface area contributed by atoms with Crippen LogP contribution in [0.5, 0.6) is 0 Å². The lowest BCUT2D eigenvalue weighted by atomic mass is 10.1. The van der Waals surface area contributed by atoms with Crippen LogP contribution in [0.1, 0.15) is 23.7 Å². The highest BCUT2D eigenvalue weighted by Crippen LogP contribution is 2.22. The molecule has 0 saturated carbocycles. The second kappa shape index (κ2) is 7.09. The Balaban J connectivity index is 1.79. The molecule has 1 saturated heterocycles. The molecule has 3 rings (SSSR count). The number of carbonyl (C=O) groups is 1. The molecule has 1 fully saturated rings. The van der Waals surface area contributed by atoms with Crippen molar-refractivity contribution in [3.63, 3.8) is 0 Å². The molecule has 1 amide bonds. The summed E-state index contributed by atoms with van der Waals surface area (Å²) in [6, 6.07) is 8.29. The fourth-order valence-corrected chi connectivity index (χ4v) is 3.01. The van der Waals surface area contributed by atoms with Gasteiger partial charge < -0.3 is 15.1 Å². The van der Waals surface area contributed by atoms with Crippen LogP contribution in [0.3, 0.4) is 0 Å². The van der Waals surface area contributed by atoms with Gasteiger partial charge in [0, 0.05) is 50.6 Å². The predicted octanol–water partition coefficient (Wildman–Crippen LogP) is 2.81. The summed E-state index contributed by atoms with van der Waals surface area (Å²) < 4.78 is 0. The zero-order valence-electron chi connectivity index (χ0n) is 15.3. The van der Waals surface area contributed by atoms with Crippen LogP contribution in [0.4, 0.5) is 17.5 Å². The second-order valence-corrected chi connectivity index (χ2v) is 6.63. The van der Waals surface area contributed by atoms with Crippen molar-refractivity contribution < 1.29 is 4.79 Å². The van der Waals surface area contributed by atoms with Crippen molar-refractivity contribution in [1.29, 1.82) is 0 Å². The molecule has 0 aliphatic carbocycles. The Hall–Kier alpha value is -2.63. The number of nitrogens with zero attached hydrogens (tertiary/aromatic N) is 4. The third-order valence-electron chi connectivity index (χ3n) is 4.53. The lowest BCUT2D eigenvalue weighted by Crippen LogP contribution is -2.48. The third-order valence-corrected chi connectivity index (χ3v) is 4.53. The molecule has 25 heavy (non-hydrogen) atoms. The smallest absolute Gasteiger partial charge is 0.229 e. The quantitative estimate of drug-likeness (QED) is 0.932. The number of aryl methyl sites for hydroxylation is 3. The van der Waals surface area contributed by atoms with E-state index in [0.717, 1.165) is 48.9 Å². The highest BCUT2D eigenvalue weighted by Gasteiger charge is 2.20. The molecule has 1 aliphatic rings. The highest BCUT2D eigenvalue weighted by atomic mass is 16.2. The van der Waals surface area contributed by atoms with Gasteiger partial charge in [0.15, 0.2) is 0 Å². The SMILES string of the molecule is CC(=O)N1CCN(c2cc(C)nc(Nc3cc(C)ccc3C)n2)CC1. The van der Waals surface area contributed by atoms with Crippen LogP contribution in [0, 0.1) is 20.8 Å². The molecule has 1 aliphatic heterocycles. The number of anilines is 3. The maximum atomic E-state index is 11.5. The molecule has 0 spiro atoms. The third kappa shape index (κ3) is 4.07. The van der Waals surface area contributed by atoms with Crippen molar-refractivity contribution in [2.45, 2.75) is 27.7 Å². The van der Waals surface area contributed by atoms with Gasteiger partial charge in [-0.2, -0.15) is 4.98 Å². The van der Waals surface area contributed by atoms with Gasteiger partial charge in [0.1, 0.15) is 5.82 Å². The number of piperazine rings is 1. The van der Waals surface area contributed by atoms with Crippen molar-refractivity contribution in [3.8, 4) is 0 Å². The zero-order valence-corrected chi connectivity index (χ0v) is 15.3. The number of hydrogen-bond acceptors (Lipinski definition) is 5. The van der Waals surface area contributed by atoms with Gasteiger partial charge in [-0.15, -0.1) is 0 Å². The van der Waals surface area contributed by atoms with Gasteiger partial charge in [-0.05, 0) is 38.0 Å². The molecule has 1 aromatic heterocycles. The molecule has 1 N–H and O–H groups in total. The van der Waals surface area contributed by atoms with Crippen molar-refractivity contribution in [1.82, 2.24) is 14.9 Å². The molecule has 132 valence electrons. The monoisotopic (exact) mass is 339 g/mol. The minimum Gasteiger partial charge on any atom is -0.353 e. The van der Waals surface area contributed by atoms with E-state index >= 15 is 0 Å². The Morgan fingerprint density at radius 1 is 1.04 bits per heavy atom. The van der Waals surface area contributed by atoms with Crippen LogP contribution in [0.25, 0.3) is 0 Å². The van der Waals surface area contributed by atoms with Gasteiger partial charge in [-0.1, -0.05) is 12.1 Å². The van der Waals surface area contributed by atoms with E-state index in [2.05, 4.69) is 47.2 Å². The van der Waals surface area contributed by atoms with Gasteiger partial charge in [-0.3, -0.25) is 4.79 Å². The summed E-state index contributed by atoms with van der Waals surface area (Å²) in [5.41, 5.74) is 4.30. The number of nitrogens with one attached hydrogen (secondary N) is 1. The Labute approximate surface area is 148 Å². The van der Waals surface area contributed by atoms with Crippen LogP contribution in [-0.2, 0) is 4.79 Å². The molecule has 1 aromatic carbocycles. The van der Waals surface area contributed by atoms with Gasteiger partial charge in [0.2, 0.25) is 11.9 Å². The van der Waals surface area contributed by atoms with E-state index in [9.17, 15) is 4.79 Å². The van der Waals surface area contributed by atoms with Gasteiger partial charge >= 0.3 is 0 Å². The number of aromatic nitrogens is 2. The van der Waals surface area contributed by atoms with E-state index < -0.39 is 0 Å². The summed E-state index contributed by atoms with van der Waals surface area (Å²) in [7, 11) is 0. The van der Waals surface area contributed by atoms with Crippen LogP contribution in [0.15, 0.2) is 24.3 Å². The van der Waals surface area contributed by atoms with Crippen LogP contribution < -0.4 is 10.2 Å². The fourth-order valence-electron chi connectivity index (χ4n) is 3.01. The zero-order chi connectivity index (χ0) is 18.0. The number of amides is 1. The molecule has 0 bridgehead atoms. The highest BCUT2D eigenvalue weighted by molar-refractivity contribution is 5.73. The first-order valence-corrected chi connectivity index (χ1v) is 8.63. The van der Waals surface area contributed by atoms with Crippen LogP contribution in [0.2, 0.25) is 0 Å². The van der Waals surface area contributed by atoms with Crippen molar-refractivity contribution in [2.24, 2.45) is 0 Å². The van der Waals surface area contributed by atoms with Crippen molar-refractivity contribution >= 4 is 23.4 Å². The van der Waals surface area contributed by atoms with Crippen LogP contribution >= 0.6 is 0 Å². The summed E-state index contributed by atoms with van der Waals surface area (Å²) >= 11 is 0. The first-order valence-electron chi connectivity index (χ1n) is 8.63. The van der Waals surface area contributed by atoms with Gasteiger partial charge in [0.25, 0.3) is 0 Å². The number of benzene rings is 1. The second-order valence-electron chi connectivity index (χ2n) is 6.63. The normalized spacial score (nSPS) is 14.6. The largest absolute Gasteiger partial charge is 0.353 e. The molecular formula is C19H25N5O. The first-order chi connectivity index (χ1) is 11.9. The van der Waals surface area contributed by atoms with E-state index in [1.807, 2.05) is 17.9 Å². The number of carbonyl (C=O) groups excluding carboxylic acids is 1. The fraction of sp³-hybridized carbons (Fsp3) is 0.421. The summed E-state index contributed by atoms with van der Waals surface area (Å²) in [5, 5.41) is 3.35. The standard InChI is InChI=1S/C19H25N5O/c1-13-5-6-14(2)17(11-13)21-19-20-15(3)12-18(22-19)24-9-7-23(8-10-24)16(4)25/h5-6,11-12H,7-10H2,1-4H3,(H,20,21,22). The van der Waals surface area contributed by atoms with E-state index in [1.54, 1.807) is 6.92 Å². The topological polar surface area (TPSA) is 61.4 Å². The Morgan fingerprint density at radius 3 is 2.44 bits per heavy atom. The van der Waals surface area contributed by atoms with E-state index in [1.165, 1.54) is 5.56 Å². The first kappa shape index (κ1) is 17.2. The molecule has 0 unspecified atom stereocenters. The average Bonchev–Trinajstić information content (AvgIpc) is 2.58. The lowest BCUT2D eigenvalue weighted by molar-refractivity contribution is -0.129. The molecule has 6 nitrogen and oxygen atoms in total. The molecule has 0 radical (unpaired) electrons. The summed E-state index contributed by atoms with van der Waals surface area (Å²) in [5.74, 6) is 1.65. The number of rotatable bonds is 3. The Kier molecular flexibility index (Phi) is 4.88. The minimum absolute atomic E-state index is 0.135. The predicted molar refractivity (Wildman–Crippen MR) is 100 cm³/mol. The molecular weight excluding hydrogens is 314 g/mol. The van der Waals surface area contributed by atoms with Crippen LogP contribution in [-0.4, -0.2) is 47.0 Å². The minimum atomic E-state index is 0.135. The summed E-state index contributed by atoms with van der Waals surface area (Å²) in [4.78, 5) is 24.8. The Morgan fingerprint density at radius 2 is 1.76 bits per heavy atom. The maximum absolute atomic E-state index is 11.5. The summed E-state index contributed by atoms with van der Waals surface area (Å²) in [6.07, 6.45) is 0. The lowest BCUT2D eigenvalue weighted by Gasteiger charge is -2.35. The maximum Gasteiger partial charge on any atom is 0.229 e. The van der Waals surface area contributed by atoms with Gasteiger partial charge in [-0.25, -0.2) is 4.98 Å². The van der Waals surface area contributed by atoms with E-state index in [0.29, 0.717) is 5.95 Å². The van der Waals surface area contributed by atoms with E-state index in [4.69, 9.17) is 4.98 Å². The number of hydrogen-bond donors (Lipinski definition) is 1. The van der Waals surface area contributed by atoms with Crippen molar-refractivity contribution in [2.75, 3.05) is 36.4 Å². The summed E-state index contributed by atoms with van der Waals surface area (Å²) in [6.45, 7) is 10.8. The van der Waals surface area contributed by atoms with E-state index in [-0.39, 0.29) is 5.91 Å². The molecule has 2 heterocycles. The molecule has 2 aromatic rings. The van der Waals surface area contributed by atoms with Gasteiger partial charge in [0.05, 0.1) is 0 Å². The molecule has 0 atom stereocenters. The van der Waals surface area contributed by atoms with Crippen molar-refractivity contribution in [3.05, 3.63) is 41.1 Å². The average molecular weight is 339 g/mol. The molecule has 6 heteroatoms. The Bertz CT molecular complexity index is 781.